The van der Waals surface area contributed by atoms with Crippen LogP contribution in [-0.2, 0) is 9.53 Å². The minimum Gasteiger partial charge on any atom is -0.465 e. The molecule has 1 aliphatic rings. The number of esters is 1. The van der Waals surface area contributed by atoms with Crippen LogP contribution in [0, 0.1) is 0 Å². The Morgan fingerprint density at radius 3 is 3.05 bits per heavy atom. The molecule has 0 saturated heterocycles. The number of fused-ring (bicyclic) bond motifs is 1. The summed E-state index contributed by atoms with van der Waals surface area (Å²) in [7, 11) is 1.31. The lowest BCUT2D eigenvalue weighted by molar-refractivity contribution is -0.110. The van der Waals surface area contributed by atoms with Crippen molar-refractivity contribution in [2.24, 2.45) is 0 Å². The molecule has 0 aliphatic carbocycles. The van der Waals surface area contributed by atoms with Crippen molar-refractivity contribution in [3.8, 4) is 0 Å². The molecular formula is C14H10BrN3O3. The molecule has 7 heteroatoms. The molecule has 0 bridgehead atoms. The number of rotatable bonds is 2. The van der Waals surface area contributed by atoms with Crippen molar-refractivity contribution in [3.63, 3.8) is 0 Å². The number of carbonyl (C=O) groups excluding carboxylic acids is 2. The maximum absolute atomic E-state index is 12.1. The number of carbonyl (C=O) groups is 2. The van der Waals surface area contributed by atoms with Crippen LogP contribution in [0.25, 0.3) is 11.6 Å². The molecule has 0 fully saturated rings. The Balaban J connectivity index is 2.09. The number of nitrogens with zero attached hydrogens (tertiary/aromatic N) is 1. The summed E-state index contributed by atoms with van der Waals surface area (Å²) in [6.07, 6.45) is 4.84. The number of hydrogen-bond donors (Lipinski definition) is 2. The van der Waals surface area contributed by atoms with Crippen LogP contribution in [0.3, 0.4) is 0 Å². The fourth-order valence-corrected chi connectivity index (χ4v) is 2.45. The summed E-state index contributed by atoms with van der Waals surface area (Å²) in [4.78, 5) is 30.8. The Hall–Kier alpha value is -2.41. The number of nitrogens with one attached hydrogen (secondary N) is 2. The summed E-state index contributed by atoms with van der Waals surface area (Å²) in [6, 6.07) is 3.40. The van der Waals surface area contributed by atoms with Crippen molar-refractivity contribution in [1.29, 1.82) is 0 Å². The Kier molecular flexibility index (Phi) is 3.34. The summed E-state index contributed by atoms with van der Waals surface area (Å²) in [5.41, 5.74) is 2.00. The van der Waals surface area contributed by atoms with Crippen LogP contribution < -0.4 is 5.32 Å². The van der Waals surface area contributed by atoms with Crippen LogP contribution in [-0.4, -0.2) is 29.0 Å². The van der Waals surface area contributed by atoms with Crippen molar-refractivity contribution in [2.75, 3.05) is 12.4 Å². The lowest BCUT2D eigenvalue weighted by Crippen LogP contribution is -2.05. The largest absolute Gasteiger partial charge is 0.465 e. The van der Waals surface area contributed by atoms with E-state index in [9.17, 15) is 9.59 Å². The predicted octanol–water partition coefficient (Wildman–Crippen LogP) is 2.45. The highest BCUT2D eigenvalue weighted by Gasteiger charge is 2.26. The maximum atomic E-state index is 12.1. The molecule has 2 aromatic rings. The van der Waals surface area contributed by atoms with Gasteiger partial charge < -0.3 is 15.0 Å². The number of pyridine rings is 1. The fraction of sp³-hybridized carbons (Fsp3) is 0.0714. The zero-order valence-electron chi connectivity index (χ0n) is 10.9. The molecule has 6 nitrogen and oxygen atoms in total. The van der Waals surface area contributed by atoms with Crippen LogP contribution in [0.15, 0.2) is 29.0 Å². The quantitative estimate of drug-likeness (QED) is 0.645. The van der Waals surface area contributed by atoms with Crippen LogP contribution in [0.4, 0.5) is 5.82 Å². The third kappa shape index (κ3) is 2.36. The summed E-state index contributed by atoms with van der Waals surface area (Å²) in [5.74, 6) is -0.226. The molecule has 2 aromatic heterocycles. The predicted molar refractivity (Wildman–Crippen MR) is 80.6 cm³/mol. The van der Waals surface area contributed by atoms with E-state index in [1.165, 1.54) is 7.11 Å². The fourth-order valence-electron chi connectivity index (χ4n) is 2.12. The number of aromatic amines is 1. The Morgan fingerprint density at radius 1 is 1.48 bits per heavy atom. The minimum atomic E-state index is -0.464. The molecule has 1 amide bonds. The van der Waals surface area contributed by atoms with Crippen LogP contribution in [0.5, 0.6) is 0 Å². The second-order valence-corrected chi connectivity index (χ2v) is 5.27. The molecule has 0 radical (unpaired) electrons. The van der Waals surface area contributed by atoms with E-state index < -0.39 is 5.97 Å². The van der Waals surface area contributed by atoms with Crippen molar-refractivity contribution in [1.82, 2.24) is 9.97 Å². The summed E-state index contributed by atoms with van der Waals surface area (Å²) >= 11 is 3.33. The van der Waals surface area contributed by atoms with E-state index in [1.54, 1.807) is 30.6 Å². The zero-order chi connectivity index (χ0) is 15.0. The molecular weight excluding hydrogens is 338 g/mol. The van der Waals surface area contributed by atoms with E-state index in [0.717, 1.165) is 4.47 Å². The highest BCUT2D eigenvalue weighted by molar-refractivity contribution is 9.10. The van der Waals surface area contributed by atoms with Gasteiger partial charge in [0.1, 0.15) is 5.82 Å². The summed E-state index contributed by atoms with van der Waals surface area (Å²) < 4.78 is 5.47. The Morgan fingerprint density at radius 2 is 2.29 bits per heavy atom. The van der Waals surface area contributed by atoms with Gasteiger partial charge in [0.2, 0.25) is 0 Å². The van der Waals surface area contributed by atoms with Crippen LogP contribution in [0.2, 0.25) is 0 Å². The number of H-pyrrole nitrogens is 1. The van der Waals surface area contributed by atoms with Crippen molar-refractivity contribution >= 4 is 45.3 Å². The van der Waals surface area contributed by atoms with Gasteiger partial charge in [-0.2, -0.15) is 0 Å². The normalized spacial score (nSPS) is 15.0. The number of ether oxygens (including phenoxy) is 1. The number of aromatic nitrogens is 2. The minimum absolute atomic E-state index is 0.263. The first kappa shape index (κ1) is 13.6. The van der Waals surface area contributed by atoms with Gasteiger partial charge in [0.15, 0.2) is 0 Å². The van der Waals surface area contributed by atoms with Crippen LogP contribution >= 0.6 is 15.9 Å². The highest BCUT2D eigenvalue weighted by Crippen LogP contribution is 2.33. The average molecular weight is 348 g/mol. The van der Waals surface area contributed by atoms with Gasteiger partial charge in [-0.3, -0.25) is 4.79 Å². The van der Waals surface area contributed by atoms with E-state index in [-0.39, 0.29) is 5.91 Å². The lowest BCUT2D eigenvalue weighted by atomic mass is 10.1. The van der Waals surface area contributed by atoms with Gasteiger partial charge in [-0.05, 0) is 34.1 Å². The topological polar surface area (TPSA) is 84.1 Å². The average Bonchev–Trinajstić information content (AvgIpc) is 3.04. The van der Waals surface area contributed by atoms with Gasteiger partial charge in [0.25, 0.3) is 5.91 Å². The van der Waals surface area contributed by atoms with Gasteiger partial charge in [0, 0.05) is 22.4 Å². The molecule has 0 aromatic carbocycles. The molecule has 21 heavy (non-hydrogen) atoms. The molecule has 106 valence electrons. The molecule has 3 heterocycles. The van der Waals surface area contributed by atoms with E-state index in [0.29, 0.717) is 28.2 Å². The van der Waals surface area contributed by atoms with Gasteiger partial charge in [0.05, 0.1) is 23.9 Å². The molecule has 0 saturated carbocycles. The zero-order valence-corrected chi connectivity index (χ0v) is 12.5. The summed E-state index contributed by atoms with van der Waals surface area (Å²) in [5, 5.41) is 2.68. The first-order valence-corrected chi connectivity index (χ1v) is 6.84. The first-order valence-electron chi connectivity index (χ1n) is 6.05. The summed E-state index contributed by atoms with van der Waals surface area (Å²) in [6.45, 7) is 0. The van der Waals surface area contributed by atoms with Crippen LogP contribution in [0.1, 0.15) is 21.6 Å². The number of hydrogen-bond acceptors (Lipinski definition) is 4. The van der Waals surface area contributed by atoms with Gasteiger partial charge in [-0.1, -0.05) is 0 Å². The third-order valence-corrected chi connectivity index (χ3v) is 3.53. The third-order valence-electron chi connectivity index (χ3n) is 3.09. The molecule has 1 aliphatic heterocycles. The molecule has 0 atom stereocenters. The standard InChI is InChI=1S/C14H10BrN3O3/c1-21-14(20)8-2-3-16-11(8)5-10-9-4-7(15)6-17-12(9)18-13(10)19/h2-6,16H,1H3,(H,17,18,19)/b10-5-. The second-order valence-electron chi connectivity index (χ2n) is 4.36. The first-order chi connectivity index (χ1) is 10.1. The monoisotopic (exact) mass is 347 g/mol. The second kappa shape index (κ2) is 5.17. The maximum Gasteiger partial charge on any atom is 0.340 e. The van der Waals surface area contributed by atoms with E-state index in [2.05, 4.69) is 31.2 Å². The molecule has 0 spiro atoms. The van der Waals surface area contributed by atoms with E-state index >= 15 is 0 Å². The number of anilines is 1. The van der Waals surface area contributed by atoms with Crippen molar-refractivity contribution in [2.45, 2.75) is 0 Å². The van der Waals surface area contributed by atoms with Gasteiger partial charge in [-0.25, -0.2) is 9.78 Å². The number of methoxy groups -OCH3 is 1. The van der Waals surface area contributed by atoms with Gasteiger partial charge >= 0.3 is 5.97 Å². The Labute approximate surface area is 128 Å². The molecule has 0 unspecified atom stereocenters. The van der Waals surface area contributed by atoms with E-state index in [1.807, 2.05) is 0 Å². The molecule has 3 rings (SSSR count). The van der Waals surface area contributed by atoms with Crippen molar-refractivity contribution in [3.05, 3.63) is 45.8 Å². The van der Waals surface area contributed by atoms with Gasteiger partial charge in [-0.15, -0.1) is 0 Å². The highest BCUT2D eigenvalue weighted by atomic mass is 79.9. The Bertz CT molecular complexity index is 780. The smallest absolute Gasteiger partial charge is 0.340 e. The van der Waals surface area contributed by atoms with E-state index in [4.69, 9.17) is 4.74 Å². The van der Waals surface area contributed by atoms with Crippen molar-refractivity contribution < 1.29 is 14.3 Å². The number of halogens is 1. The number of amides is 1. The lowest BCUT2D eigenvalue weighted by Gasteiger charge is -2.00. The SMILES string of the molecule is COC(=O)c1cc[nH]c1/C=C1\C(=O)Nc2ncc(Br)cc21. The molecule has 2 N–H and O–H groups in total.